The van der Waals surface area contributed by atoms with Gasteiger partial charge in [-0.15, -0.1) is 10.2 Å². The molecule has 166 valence electrons. The van der Waals surface area contributed by atoms with Crippen molar-refractivity contribution in [3.8, 4) is 17.3 Å². The Morgan fingerprint density at radius 1 is 1.06 bits per heavy atom. The van der Waals surface area contributed by atoms with Crippen LogP contribution in [-0.2, 0) is 4.79 Å². The lowest BCUT2D eigenvalue weighted by molar-refractivity contribution is -0.126. The molecule has 7 rings (SSSR count). The number of benzene rings is 1. The van der Waals surface area contributed by atoms with Gasteiger partial charge in [0.15, 0.2) is 10.9 Å². The number of carbonyl (C=O) groups excluding carboxylic acids is 1. The van der Waals surface area contributed by atoms with Gasteiger partial charge in [-0.2, -0.15) is 0 Å². The Bertz CT molecular complexity index is 1070. The standard InChI is InChI=1S/C25H28N4O2S/c1-16(23(30)26-25-13-17-10-18(14-25)12-19(11-17)15-25)32-24-28-27-22(21-8-5-9-31-21)29(24)20-6-3-2-4-7-20/h2-9,16-19H,10-15H2,1H3,(H,26,30). The van der Waals surface area contributed by atoms with Gasteiger partial charge in [0.1, 0.15) is 0 Å². The third kappa shape index (κ3) is 3.56. The van der Waals surface area contributed by atoms with Gasteiger partial charge in [0, 0.05) is 11.2 Å². The van der Waals surface area contributed by atoms with Gasteiger partial charge >= 0.3 is 0 Å². The van der Waals surface area contributed by atoms with Crippen LogP contribution in [0.25, 0.3) is 17.3 Å². The van der Waals surface area contributed by atoms with E-state index in [0.29, 0.717) is 16.7 Å². The van der Waals surface area contributed by atoms with Crippen LogP contribution >= 0.6 is 11.8 Å². The predicted octanol–water partition coefficient (Wildman–Crippen LogP) is 5.09. The van der Waals surface area contributed by atoms with Crippen molar-refractivity contribution in [2.75, 3.05) is 0 Å². The molecular weight excluding hydrogens is 420 g/mol. The highest BCUT2D eigenvalue weighted by Gasteiger charge is 2.51. The van der Waals surface area contributed by atoms with Crippen molar-refractivity contribution in [3.05, 3.63) is 48.7 Å². The smallest absolute Gasteiger partial charge is 0.233 e. The lowest BCUT2D eigenvalue weighted by Crippen LogP contribution is -2.60. The number of hydrogen-bond acceptors (Lipinski definition) is 5. The molecule has 32 heavy (non-hydrogen) atoms. The maximum absolute atomic E-state index is 13.3. The number of furan rings is 1. The van der Waals surface area contributed by atoms with Crippen molar-refractivity contribution in [2.45, 2.75) is 61.4 Å². The molecule has 4 aliphatic rings. The lowest BCUT2D eigenvalue weighted by Gasteiger charge is -2.57. The first kappa shape index (κ1) is 20.1. The number of para-hydroxylation sites is 1. The molecule has 4 fully saturated rings. The van der Waals surface area contributed by atoms with Crippen LogP contribution in [0.15, 0.2) is 58.3 Å². The molecule has 7 heteroatoms. The second-order valence-corrected chi connectivity index (χ2v) is 11.2. The minimum absolute atomic E-state index is 0.0209. The van der Waals surface area contributed by atoms with Crippen LogP contribution in [0.5, 0.6) is 0 Å². The van der Waals surface area contributed by atoms with Crippen LogP contribution < -0.4 is 5.32 Å². The Hall–Kier alpha value is -2.54. The second-order valence-electron chi connectivity index (χ2n) is 9.90. The molecule has 1 atom stereocenters. The molecule has 0 spiro atoms. The summed E-state index contributed by atoms with van der Waals surface area (Å²) in [4.78, 5) is 13.3. The Morgan fingerprint density at radius 3 is 2.38 bits per heavy atom. The Morgan fingerprint density at radius 2 is 1.75 bits per heavy atom. The molecule has 2 heterocycles. The first-order valence-corrected chi connectivity index (χ1v) is 12.5. The van der Waals surface area contributed by atoms with Crippen LogP contribution in [-0.4, -0.2) is 31.5 Å². The van der Waals surface area contributed by atoms with Crippen LogP contribution in [0.4, 0.5) is 0 Å². The van der Waals surface area contributed by atoms with Gasteiger partial charge in [-0.05, 0) is 87.5 Å². The minimum Gasteiger partial charge on any atom is -0.461 e. The van der Waals surface area contributed by atoms with Gasteiger partial charge in [-0.25, -0.2) is 0 Å². The fourth-order valence-electron chi connectivity index (χ4n) is 6.56. The largest absolute Gasteiger partial charge is 0.461 e. The summed E-state index contributed by atoms with van der Waals surface area (Å²) in [5, 5.41) is 12.8. The molecular formula is C25H28N4O2S. The Kier molecular flexibility index (Phi) is 4.90. The first-order chi connectivity index (χ1) is 15.6. The maximum atomic E-state index is 13.3. The van der Waals surface area contributed by atoms with Crippen LogP contribution in [0.3, 0.4) is 0 Å². The molecule has 3 aromatic rings. The monoisotopic (exact) mass is 448 g/mol. The zero-order chi connectivity index (χ0) is 21.7. The number of rotatable bonds is 6. The molecule has 1 aromatic carbocycles. The molecule has 0 saturated heterocycles. The number of thioether (sulfide) groups is 1. The molecule has 4 aliphatic carbocycles. The SMILES string of the molecule is CC(Sc1nnc(-c2ccco2)n1-c1ccccc1)C(=O)NC12CC3CC(CC(C3)C1)C2. The van der Waals surface area contributed by atoms with Gasteiger partial charge < -0.3 is 9.73 Å². The van der Waals surface area contributed by atoms with Gasteiger partial charge in [0.2, 0.25) is 11.7 Å². The topological polar surface area (TPSA) is 73.0 Å². The van der Waals surface area contributed by atoms with E-state index in [1.165, 1.54) is 31.0 Å². The first-order valence-electron chi connectivity index (χ1n) is 11.6. The Balaban J connectivity index is 1.24. The van der Waals surface area contributed by atoms with Gasteiger partial charge in [0.25, 0.3) is 0 Å². The van der Waals surface area contributed by atoms with E-state index in [4.69, 9.17) is 4.42 Å². The molecule has 0 aliphatic heterocycles. The van der Waals surface area contributed by atoms with E-state index < -0.39 is 0 Å². The number of nitrogens with one attached hydrogen (secondary N) is 1. The third-order valence-electron chi connectivity index (χ3n) is 7.47. The molecule has 2 aromatic heterocycles. The summed E-state index contributed by atoms with van der Waals surface area (Å²) in [5.74, 6) is 3.82. The lowest BCUT2D eigenvalue weighted by atomic mass is 9.53. The average Bonchev–Trinajstić information content (AvgIpc) is 3.43. The van der Waals surface area contributed by atoms with Gasteiger partial charge in [0.05, 0.1) is 11.5 Å². The van der Waals surface area contributed by atoms with Crippen LogP contribution in [0.1, 0.15) is 45.4 Å². The summed E-state index contributed by atoms with van der Waals surface area (Å²) in [5.41, 5.74) is 0.965. The van der Waals surface area contributed by atoms with Crippen molar-refractivity contribution in [1.82, 2.24) is 20.1 Å². The van der Waals surface area contributed by atoms with Gasteiger partial charge in [-0.3, -0.25) is 9.36 Å². The molecule has 1 unspecified atom stereocenters. The van der Waals surface area contributed by atoms with E-state index in [1.54, 1.807) is 6.26 Å². The maximum Gasteiger partial charge on any atom is 0.233 e. The fraction of sp³-hybridized carbons (Fsp3) is 0.480. The van der Waals surface area contributed by atoms with Crippen molar-refractivity contribution in [1.29, 1.82) is 0 Å². The van der Waals surface area contributed by atoms with E-state index in [-0.39, 0.29) is 16.7 Å². The quantitative estimate of drug-likeness (QED) is 0.532. The summed E-state index contributed by atoms with van der Waals surface area (Å²) in [6.07, 6.45) is 9.22. The van der Waals surface area contributed by atoms with Crippen molar-refractivity contribution in [2.24, 2.45) is 17.8 Å². The second kappa shape index (κ2) is 7.80. The summed E-state index contributed by atoms with van der Waals surface area (Å²) in [7, 11) is 0. The van der Waals surface area contributed by atoms with Gasteiger partial charge in [-0.1, -0.05) is 30.0 Å². The van der Waals surface area contributed by atoms with E-state index in [1.807, 2.05) is 54.0 Å². The minimum atomic E-state index is -0.265. The van der Waals surface area contributed by atoms with E-state index in [9.17, 15) is 4.79 Å². The summed E-state index contributed by atoms with van der Waals surface area (Å²) in [6.45, 7) is 1.97. The Labute approximate surface area is 192 Å². The van der Waals surface area contributed by atoms with E-state index in [0.717, 1.165) is 42.7 Å². The molecule has 1 amide bonds. The van der Waals surface area contributed by atoms with E-state index in [2.05, 4.69) is 15.5 Å². The third-order valence-corrected chi connectivity index (χ3v) is 8.51. The summed E-state index contributed by atoms with van der Waals surface area (Å²) >= 11 is 1.46. The van der Waals surface area contributed by atoms with Crippen LogP contribution in [0, 0.1) is 17.8 Å². The van der Waals surface area contributed by atoms with Crippen molar-refractivity contribution < 1.29 is 9.21 Å². The van der Waals surface area contributed by atoms with Crippen LogP contribution in [0.2, 0.25) is 0 Å². The number of hydrogen-bond donors (Lipinski definition) is 1. The number of aromatic nitrogens is 3. The molecule has 4 saturated carbocycles. The zero-order valence-electron chi connectivity index (χ0n) is 18.2. The average molecular weight is 449 g/mol. The number of carbonyl (C=O) groups is 1. The highest BCUT2D eigenvalue weighted by molar-refractivity contribution is 8.00. The summed E-state index contributed by atoms with van der Waals surface area (Å²) in [6, 6.07) is 13.7. The number of nitrogens with zero attached hydrogens (tertiary/aromatic N) is 3. The zero-order valence-corrected chi connectivity index (χ0v) is 19.1. The molecule has 4 bridgehead atoms. The molecule has 0 radical (unpaired) electrons. The van der Waals surface area contributed by atoms with Crippen molar-refractivity contribution >= 4 is 17.7 Å². The fourth-order valence-corrected chi connectivity index (χ4v) is 7.43. The molecule has 1 N–H and O–H groups in total. The van der Waals surface area contributed by atoms with E-state index >= 15 is 0 Å². The molecule has 6 nitrogen and oxygen atoms in total. The summed E-state index contributed by atoms with van der Waals surface area (Å²) < 4.78 is 7.56. The predicted molar refractivity (Wildman–Crippen MR) is 123 cm³/mol. The number of amides is 1. The highest BCUT2D eigenvalue weighted by Crippen LogP contribution is 2.55. The van der Waals surface area contributed by atoms with Crippen molar-refractivity contribution in [3.63, 3.8) is 0 Å². The normalized spacial score (nSPS) is 29.2. The highest BCUT2D eigenvalue weighted by atomic mass is 32.2.